The number of ketones is 1. The number of sulfonamides is 1. The van der Waals surface area contributed by atoms with E-state index in [-0.39, 0.29) is 16.7 Å². The van der Waals surface area contributed by atoms with Crippen molar-refractivity contribution in [2.24, 2.45) is 5.92 Å². The fourth-order valence-corrected chi connectivity index (χ4v) is 4.01. The molecule has 0 aliphatic heterocycles. The summed E-state index contributed by atoms with van der Waals surface area (Å²) in [4.78, 5) is 11.5. The largest absolute Gasteiger partial charge is 0.295 e. The molecule has 1 aliphatic rings. The monoisotopic (exact) mass is 295 g/mol. The molecule has 20 heavy (non-hydrogen) atoms. The second kappa shape index (κ2) is 5.66. The van der Waals surface area contributed by atoms with Crippen LogP contribution in [0.15, 0.2) is 29.2 Å². The van der Waals surface area contributed by atoms with Gasteiger partial charge in [0.05, 0.1) is 4.90 Å². The molecule has 1 aromatic carbocycles. The number of carbonyl (C=O) groups excluding carboxylic acids is 1. The van der Waals surface area contributed by atoms with Crippen molar-refractivity contribution in [1.29, 1.82) is 0 Å². The highest BCUT2D eigenvalue weighted by molar-refractivity contribution is 7.89. The van der Waals surface area contributed by atoms with Crippen LogP contribution in [0.3, 0.4) is 0 Å². The molecule has 1 aliphatic carbocycles. The summed E-state index contributed by atoms with van der Waals surface area (Å²) in [5.74, 6) is 0.233. The summed E-state index contributed by atoms with van der Waals surface area (Å²) in [6.45, 7) is 6.05. The van der Waals surface area contributed by atoms with Gasteiger partial charge in [-0.1, -0.05) is 26.0 Å². The fourth-order valence-electron chi connectivity index (χ4n) is 2.16. The molecule has 0 unspecified atom stereocenters. The number of benzene rings is 1. The van der Waals surface area contributed by atoms with Crippen molar-refractivity contribution < 1.29 is 13.2 Å². The van der Waals surface area contributed by atoms with Crippen LogP contribution >= 0.6 is 0 Å². The molecule has 4 nitrogen and oxygen atoms in total. The van der Waals surface area contributed by atoms with Crippen LogP contribution in [-0.2, 0) is 10.0 Å². The number of Topliss-reactive ketones (excluding diaryl/α,β-unsaturated/α-hetero) is 1. The molecular formula is C15H21NO3S. The van der Waals surface area contributed by atoms with Crippen LogP contribution in [0.2, 0.25) is 0 Å². The molecule has 0 amide bonds. The van der Waals surface area contributed by atoms with Crippen molar-refractivity contribution in [3.63, 3.8) is 0 Å². The van der Waals surface area contributed by atoms with Gasteiger partial charge in [-0.05, 0) is 37.8 Å². The second-order valence-corrected chi connectivity index (χ2v) is 7.67. The third-order valence-corrected chi connectivity index (χ3v) is 5.30. The molecule has 0 bridgehead atoms. The fraction of sp³-hybridized carbons (Fsp3) is 0.533. The van der Waals surface area contributed by atoms with Crippen LogP contribution in [0.25, 0.3) is 0 Å². The van der Waals surface area contributed by atoms with E-state index in [0.29, 0.717) is 18.0 Å². The van der Waals surface area contributed by atoms with E-state index in [0.717, 1.165) is 12.8 Å². The van der Waals surface area contributed by atoms with Crippen molar-refractivity contribution in [2.45, 2.75) is 44.6 Å². The predicted octanol–water partition coefficient (Wildman–Crippen LogP) is 2.70. The summed E-state index contributed by atoms with van der Waals surface area (Å²) < 4.78 is 27.0. The van der Waals surface area contributed by atoms with Gasteiger partial charge in [-0.2, -0.15) is 4.31 Å². The average Bonchev–Trinajstić information content (AvgIpc) is 3.20. The highest BCUT2D eigenvalue weighted by atomic mass is 32.2. The number of nitrogens with zero attached hydrogens (tertiary/aromatic N) is 1. The molecule has 110 valence electrons. The maximum Gasteiger partial charge on any atom is 0.243 e. The first kappa shape index (κ1) is 15.2. The van der Waals surface area contributed by atoms with Crippen LogP contribution < -0.4 is 0 Å². The Labute approximate surface area is 120 Å². The number of rotatable bonds is 6. The minimum atomic E-state index is -3.45. The zero-order valence-electron chi connectivity index (χ0n) is 12.2. The molecule has 0 radical (unpaired) electrons. The van der Waals surface area contributed by atoms with Gasteiger partial charge in [0, 0.05) is 18.2 Å². The van der Waals surface area contributed by atoms with Gasteiger partial charge in [-0.3, -0.25) is 4.79 Å². The molecule has 0 atom stereocenters. The van der Waals surface area contributed by atoms with Crippen LogP contribution in [0.4, 0.5) is 0 Å². The van der Waals surface area contributed by atoms with Gasteiger partial charge < -0.3 is 0 Å². The highest BCUT2D eigenvalue weighted by Crippen LogP contribution is 2.32. The second-order valence-electron chi connectivity index (χ2n) is 5.78. The Morgan fingerprint density at radius 1 is 1.25 bits per heavy atom. The van der Waals surface area contributed by atoms with E-state index in [1.165, 1.54) is 19.1 Å². The van der Waals surface area contributed by atoms with Crippen LogP contribution in [0, 0.1) is 5.92 Å². The highest BCUT2D eigenvalue weighted by Gasteiger charge is 2.38. The van der Waals surface area contributed by atoms with Gasteiger partial charge in [0.2, 0.25) is 10.0 Å². The van der Waals surface area contributed by atoms with Crippen LogP contribution in [0.1, 0.15) is 44.0 Å². The third-order valence-electron chi connectivity index (χ3n) is 3.37. The minimum Gasteiger partial charge on any atom is -0.295 e. The van der Waals surface area contributed by atoms with Gasteiger partial charge in [0.1, 0.15) is 0 Å². The van der Waals surface area contributed by atoms with Crippen molar-refractivity contribution >= 4 is 15.8 Å². The van der Waals surface area contributed by atoms with E-state index in [1.54, 1.807) is 16.4 Å². The SMILES string of the molecule is CC(=O)c1ccc(S(=O)(=O)N(CC(C)C)C2CC2)cc1. The molecular weight excluding hydrogens is 274 g/mol. The van der Waals surface area contributed by atoms with E-state index < -0.39 is 10.0 Å². The summed E-state index contributed by atoms with van der Waals surface area (Å²) in [7, 11) is -3.45. The third kappa shape index (κ3) is 3.27. The topological polar surface area (TPSA) is 54.5 Å². The van der Waals surface area contributed by atoms with Crippen molar-refractivity contribution in [3.8, 4) is 0 Å². The molecule has 1 aromatic rings. The van der Waals surface area contributed by atoms with Crippen molar-refractivity contribution in [2.75, 3.05) is 6.54 Å². The van der Waals surface area contributed by atoms with Gasteiger partial charge in [0.25, 0.3) is 0 Å². The molecule has 1 saturated carbocycles. The Morgan fingerprint density at radius 3 is 2.20 bits per heavy atom. The number of hydrogen-bond acceptors (Lipinski definition) is 3. The van der Waals surface area contributed by atoms with Crippen molar-refractivity contribution in [1.82, 2.24) is 4.31 Å². The lowest BCUT2D eigenvalue weighted by molar-refractivity contribution is 0.101. The van der Waals surface area contributed by atoms with E-state index in [9.17, 15) is 13.2 Å². The maximum atomic E-state index is 12.7. The minimum absolute atomic E-state index is 0.0600. The van der Waals surface area contributed by atoms with E-state index in [4.69, 9.17) is 0 Å². The van der Waals surface area contributed by atoms with E-state index in [1.807, 2.05) is 13.8 Å². The maximum absolute atomic E-state index is 12.7. The van der Waals surface area contributed by atoms with Gasteiger partial charge in [-0.25, -0.2) is 8.42 Å². The van der Waals surface area contributed by atoms with Crippen LogP contribution in [-0.4, -0.2) is 31.1 Å². The molecule has 2 rings (SSSR count). The molecule has 0 heterocycles. The lowest BCUT2D eigenvalue weighted by atomic mass is 10.2. The lowest BCUT2D eigenvalue weighted by Gasteiger charge is -2.23. The first-order chi connectivity index (χ1) is 9.32. The molecule has 5 heteroatoms. The Morgan fingerprint density at radius 2 is 1.80 bits per heavy atom. The van der Waals surface area contributed by atoms with Crippen molar-refractivity contribution in [3.05, 3.63) is 29.8 Å². The Hall–Kier alpha value is -1.20. The number of carbonyl (C=O) groups is 1. The standard InChI is InChI=1S/C15H21NO3S/c1-11(2)10-16(14-6-7-14)20(18,19)15-8-4-13(5-9-15)12(3)17/h4-5,8-9,11,14H,6-7,10H2,1-3H3. The predicted molar refractivity (Wildman–Crippen MR) is 78.2 cm³/mol. The summed E-state index contributed by atoms with van der Waals surface area (Å²) in [5.41, 5.74) is 0.533. The zero-order valence-corrected chi connectivity index (χ0v) is 13.0. The number of hydrogen-bond donors (Lipinski definition) is 0. The molecule has 0 saturated heterocycles. The molecule has 0 aromatic heterocycles. The molecule has 1 fully saturated rings. The van der Waals surface area contributed by atoms with Crippen LogP contribution in [0.5, 0.6) is 0 Å². The quantitative estimate of drug-likeness (QED) is 0.758. The smallest absolute Gasteiger partial charge is 0.243 e. The summed E-state index contributed by atoms with van der Waals surface area (Å²) in [5, 5.41) is 0. The van der Waals surface area contributed by atoms with Gasteiger partial charge in [0.15, 0.2) is 5.78 Å². The lowest BCUT2D eigenvalue weighted by Crippen LogP contribution is -2.36. The summed E-state index contributed by atoms with van der Waals surface area (Å²) in [6.07, 6.45) is 1.88. The Kier molecular flexibility index (Phi) is 4.30. The van der Waals surface area contributed by atoms with Gasteiger partial charge in [-0.15, -0.1) is 0 Å². The summed E-state index contributed by atoms with van der Waals surface area (Å²) >= 11 is 0. The van der Waals surface area contributed by atoms with E-state index in [2.05, 4.69) is 0 Å². The average molecular weight is 295 g/mol. The molecule has 0 N–H and O–H groups in total. The normalized spacial score (nSPS) is 15.8. The molecule has 0 spiro atoms. The first-order valence-corrected chi connectivity index (χ1v) is 8.39. The van der Waals surface area contributed by atoms with Gasteiger partial charge >= 0.3 is 0 Å². The summed E-state index contributed by atoms with van der Waals surface area (Å²) in [6, 6.07) is 6.37. The zero-order chi connectivity index (χ0) is 14.9. The van der Waals surface area contributed by atoms with E-state index >= 15 is 0 Å². The first-order valence-electron chi connectivity index (χ1n) is 6.95. The Balaban J connectivity index is 2.29. The Bertz CT molecular complexity index is 586.